The zero-order valence-corrected chi connectivity index (χ0v) is 11.8. The third-order valence-corrected chi connectivity index (χ3v) is 3.12. The van der Waals surface area contributed by atoms with Crippen LogP contribution >= 0.6 is 0 Å². The van der Waals surface area contributed by atoms with Crippen LogP contribution in [0.25, 0.3) is 10.9 Å². The maximum atomic E-state index is 8.60. The summed E-state index contributed by atoms with van der Waals surface area (Å²) >= 11 is 0. The minimum Gasteiger partial charge on any atom is -0.497 e. The number of rotatable bonds is 6. The van der Waals surface area contributed by atoms with Gasteiger partial charge in [-0.25, -0.2) is 0 Å². The lowest BCUT2D eigenvalue weighted by Gasteiger charge is -2.11. The maximum absolute atomic E-state index is 8.60. The molecule has 5 nitrogen and oxygen atoms in total. The number of benzene rings is 1. The van der Waals surface area contributed by atoms with E-state index in [1.165, 1.54) is 0 Å². The number of methoxy groups -OCH3 is 1. The van der Waals surface area contributed by atoms with Gasteiger partial charge in [-0.3, -0.25) is 4.98 Å². The molecule has 5 heteroatoms. The molecule has 1 aromatic heterocycles. The molecule has 0 atom stereocenters. The molecule has 1 aromatic carbocycles. The molecule has 0 aliphatic carbocycles. The van der Waals surface area contributed by atoms with E-state index in [1.807, 2.05) is 31.2 Å². The van der Waals surface area contributed by atoms with Crippen molar-refractivity contribution in [1.29, 1.82) is 0 Å². The number of oxime groups is 1. The zero-order chi connectivity index (χ0) is 14.4. The molecular formula is C15H19N3O2. The number of aromatic nitrogens is 1. The average Bonchev–Trinajstić information content (AvgIpc) is 2.50. The second-order valence-corrected chi connectivity index (χ2v) is 4.62. The lowest BCUT2D eigenvalue weighted by Crippen LogP contribution is -2.05. The van der Waals surface area contributed by atoms with Crippen molar-refractivity contribution >= 4 is 22.3 Å². The summed E-state index contributed by atoms with van der Waals surface area (Å²) in [7, 11) is 1.66. The van der Waals surface area contributed by atoms with E-state index in [2.05, 4.69) is 15.5 Å². The van der Waals surface area contributed by atoms with Crippen LogP contribution in [0, 0.1) is 0 Å². The Morgan fingerprint density at radius 3 is 3.05 bits per heavy atom. The van der Waals surface area contributed by atoms with Gasteiger partial charge in [0.2, 0.25) is 0 Å². The van der Waals surface area contributed by atoms with E-state index in [1.54, 1.807) is 13.3 Å². The topological polar surface area (TPSA) is 66.7 Å². The summed E-state index contributed by atoms with van der Waals surface area (Å²) in [5, 5.41) is 16.2. The van der Waals surface area contributed by atoms with Gasteiger partial charge in [0, 0.05) is 24.2 Å². The lowest BCUT2D eigenvalue weighted by molar-refractivity contribution is 0.317. The minimum absolute atomic E-state index is 0.737. The number of ether oxygens (including phenoxy) is 1. The molecule has 106 valence electrons. The first kappa shape index (κ1) is 14.1. The Morgan fingerprint density at radius 2 is 2.30 bits per heavy atom. The molecule has 0 spiro atoms. The summed E-state index contributed by atoms with van der Waals surface area (Å²) in [4.78, 5) is 4.40. The molecule has 2 N–H and O–H groups in total. The standard InChI is InChI=1S/C15H19N3O2/c1-11(18-19)5-3-7-16-14-10-13(20-2)9-12-6-4-8-17-15(12)14/h4,6,8-10,16,19H,3,5,7H2,1-2H3. The van der Waals surface area contributed by atoms with E-state index in [9.17, 15) is 0 Å². The van der Waals surface area contributed by atoms with Gasteiger partial charge in [-0.05, 0) is 31.9 Å². The smallest absolute Gasteiger partial charge is 0.121 e. The van der Waals surface area contributed by atoms with Crippen LogP contribution in [0.15, 0.2) is 35.6 Å². The monoisotopic (exact) mass is 273 g/mol. The summed E-state index contributed by atoms with van der Waals surface area (Å²) in [6.07, 6.45) is 3.43. The predicted octanol–water partition coefficient (Wildman–Crippen LogP) is 3.29. The van der Waals surface area contributed by atoms with Gasteiger partial charge in [-0.1, -0.05) is 11.2 Å². The van der Waals surface area contributed by atoms with E-state index in [-0.39, 0.29) is 0 Å². The molecule has 1 heterocycles. The number of hydrogen-bond donors (Lipinski definition) is 2. The highest BCUT2D eigenvalue weighted by Crippen LogP contribution is 2.27. The van der Waals surface area contributed by atoms with Crippen molar-refractivity contribution in [3.8, 4) is 5.75 Å². The third-order valence-electron chi connectivity index (χ3n) is 3.12. The zero-order valence-electron chi connectivity index (χ0n) is 11.8. The van der Waals surface area contributed by atoms with Crippen molar-refractivity contribution in [2.24, 2.45) is 5.16 Å². The number of hydrogen-bond acceptors (Lipinski definition) is 5. The summed E-state index contributed by atoms with van der Waals surface area (Å²) in [5.74, 6) is 0.807. The highest BCUT2D eigenvalue weighted by Gasteiger charge is 2.05. The fourth-order valence-corrected chi connectivity index (χ4v) is 2.03. The molecule has 0 aliphatic rings. The number of nitrogens with zero attached hydrogens (tertiary/aromatic N) is 2. The quantitative estimate of drug-likeness (QED) is 0.367. The van der Waals surface area contributed by atoms with E-state index in [4.69, 9.17) is 9.94 Å². The van der Waals surface area contributed by atoms with Gasteiger partial charge in [0.05, 0.1) is 24.0 Å². The van der Waals surface area contributed by atoms with Gasteiger partial charge < -0.3 is 15.3 Å². The van der Waals surface area contributed by atoms with E-state index in [0.29, 0.717) is 0 Å². The fourth-order valence-electron chi connectivity index (χ4n) is 2.03. The molecule has 0 unspecified atom stereocenters. The molecule has 0 saturated heterocycles. The lowest BCUT2D eigenvalue weighted by atomic mass is 10.1. The second kappa shape index (κ2) is 6.75. The Labute approximate surface area is 118 Å². The van der Waals surface area contributed by atoms with Crippen molar-refractivity contribution in [2.75, 3.05) is 19.0 Å². The van der Waals surface area contributed by atoms with Gasteiger partial charge in [0.1, 0.15) is 5.75 Å². The highest BCUT2D eigenvalue weighted by atomic mass is 16.5. The van der Waals surface area contributed by atoms with Crippen LogP contribution in [-0.2, 0) is 0 Å². The fraction of sp³-hybridized carbons (Fsp3) is 0.333. The molecule has 0 bridgehead atoms. The summed E-state index contributed by atoms with van der Waals surface area (Å²) in [6, 6.07) is 7.84. The summed E-state index contributed by atoms with van der Waals surface area (Å²) < 4.78 is 5.30. The van der Waals surface area contributed by atoms with Crippen LogP contribution in [-0.4, -0.2) is 29.6 Å². The average molecular weight is 273 g/mol. The molecule has 2 aromatic rings. The molecular weight excluding hydrogens is 254 g/mol. The van der Waals surface area contributed by atoms with E-state index in [0.717, 1.165) is 47.4 Å². The first-order valence-corrected chi connectivity index (χ1v) is 6.58. The van der Waals surface area contributed by atoms with Crippen molar-refractivity contribution < 1.29 is 9.94 Å². The number of fused-ring (bicyclic) bond motifs is 1. The normalized spacial score (nSPS) is 11.6. The van der Waals surface area contributed by atoms with Gasteiger partial charge in [-0.2, -0.15) is 0 Å². The number of anilines is 1. The van der Waals surface area contributed by atoms with Crippen molar-refractivity contribution in [2.45, 2.75) is 19.8 Å². The van der Waals surface area contributed by atoms with Gasteiger partial charge in [0.25, 0.3) is 0 Å². The summed E-state index contributed by atoms with van der Waals surface area (Å²) in [6.45, 7) is 2.59. The summed E-state index contributed by atoms with van der Waals surface area (Å²) in [5.41, 5.74) is 2.62. The maximum Gasteiger partial charge on any atom is 0.121 e. The molecule has 2 rings (SSSR count). The number of pyridine rings is 1. The molecule has 0 radical (unpaired) electrons. The molecule has 0 aliphatic heterocycles. The number of nitrogens with one attached hydrogen (secondary N) is 1. The van der Waals surface area contributed by atoms with Crippen molar-refractivity contribution in [3.05, 3.63) is 30.5 Å². The van der Waals surface area contributed by atoms with E-state index >= 15 is 0 Å². The van der Waals surface area contributed by atoms with Crippen LogP contribution in [0.2, 0.25) is 0 Å². The highest BCUT2D eigenvalue weighted by molar-refractivity contribution is 5.91. The van der Waals surface area contributed by atoms with Crippen molar-refractivity contribution in [3.63, 3.8) is 0 Å². The van der Waals surface area contributed by atoms with Crippen LogP contribution in [0.1, 0.15) is 19.8 Å². The van der Waals surface area contributed by atoms with Crippen LogP contribution in [0.3, 0.4) is 0 Å². The van der Waals surface area contributed by atoms with Gasteiger partial charge >= 0.3 is 0 Å². The van der Waals surface area contributed by atoms with Crippen LogP contribution < -0.4 is 10.1 Å². The molecule has 0 amide bonds. The van der Waals surface area contributed by atoms with Gasteiger partial charge in [-0.15, -0.1) is 0 Å². The Kier molecular flexibility index (Phi) is 4.76. The SMILES string of the molecule is COc1cc(NCCCC(C)=NO)c2ncccc2c1. The van der Waals surface area contributed by atoms with Gasteiger partial charge in [0.15, 0.2) is 0 Å². The van der Waals surface area contributed by atoms with Crippen molar-refractivity contribution in [1.82, 2.24) is 4.98 Å². The molecule has 0 fully saturated rings. The Bertz CT molecular complexity index is 611. The predicted molar refractivity (Wildman–Crippen MR) is 80.9 cm³/mol. The third kappa shape index (κ3) is 3.38. The Balaban J connectivity index is 2.12. The first-order valence-electron chi connectivity index (χ1n) is 6.58. The second-order valence-electron chi connectivity index (χ2n) is 4.62. The van der Waals surface area contributed by atoms with Crippen LogP contribution in [0.4, 0.5) is 5.69 Å². The largest absolute Gasteiger partial charge is 0.497 e. The molecule has 20 heavy (non-hydrogen) atoms. The Morgan fingerprint density at radius 1 is 1.45 bits per heavy atom. The first-order chi connectivity index (χ1) is 9.74. The van der Waals surface area contributed by atoms with Crippen LogP contribution in [0.5, 0.6) is 5.75 Å². The van der Waals surface area contributed by atoms with E-state index < -0.39 is 0 Å². The minimum atomic E-state index is 0.737. The Hall–Kier alpha value is -2.30. The molecule has 0 saturated carbocycles.